The van der Waals surface area contributed by atoms with Crippen molar-refractivity contribution in [3.63, 3.8) is 0 Å². The third-order valence-electron chi connectivity index (χ3n) is 1.92. The highest BCUT2D eigenvalue weighted by molar-refractivity contribution is 5.56. The van der Waals surface area contributed by atoms with Crippen molar-refractivity contribution in [1.82, 2.24) is 5.06 Å². The van der Waals surface area contributed by atoms with Gasteiger partial charge in [-0.3, -0.25) is 5.21 Å². The van der Waals surface area contributed by atoms with Crippen LogP contribution < -0.4 is 0 Å². The average molecular weight is 163 g/mol. The standard InChI is InChI=1S/C9H9NO2/c11-9-5-7-3-1-2-4-8(7)6-10(9)12/h1-5,11-12H,6H2. The molecule has 0 atom stereocenters. The zero-order chi connectivity index (χ0) is 8.55. The van der Waals surface area contributed by atoms with Gasteiger partial charge in [0.25, 0.3) is 0 Å². The van der Waals surface area contributed by atoms with Crippen molar-refractivity contribution < 1.29 is 10.3 Å². The van der Waals surface area contributed by atoms with E-state index in [1.807, 2.05) is 24.3 Å². The van der Waals surface area contributed by atoms with E-state index >= 15 is 0 Å². The van der Waals surface area contributed by atoms with E-state index in [1.165, 1.54) is 0 Å². The normalized spacial score (nSPS) is 15.4. The number of nitrogens with zero attached hydrogens (tertiary/aromatic N) is 1. The monoisotopic (exact) mass is 163 g/mol. The quantitative estimate of drug-likeness (QED) is 0.612. The summed E-state index contributed by atoms with van der Waals surface area (Å²) in [6.45, 7) is 0.346. The Morgan fingerprint density at radius 3 is 2.83 bits per heavy atom. The SMILES string of the molecule is OC1=Cc2ccccc2CN1O. The lowest BCUT2D eigenvalue weighted by atomic mass is 10.1. The summed E-state index contributed by atoms with van der Waals surface area (Å²) >= 11 is 0. The van der Waals surface area contributed by atoms with Gasteiger partial charge in [0.2, 0.25) is 5.88 Å². The first-order valence-electron chi connectivity index (χ1n) is 3.72. The van der Waals surface area contributed by atoms with Crippen molar-refractivity contribution in [1.29, 1.82) is 0 Å². The molecule has 0 aliphatic carbocycles. The van der Waals surface area contributed by atoms with Crippen LogP contribution in [0.1, 0.15) is 11.1 Å². The highest BCUT2D eigenvalue weighted by atomic mass is 16.5. The number of benzene rings is 1. The summed E-state index contributed by atoms with van der Waals surface area (Å²) in [5, 5.41) is 19.1. The molecule has 1 aliphatic heterocycles. The van der Waals surface area contributed by atoms with Gasteiger partial charge in [0.1, 0.15) is 0 Å². The molecule has 0 unspecified atom stereocenters. The molecule has 0 spiro atoms. The predicted molar refractivity (Wildman–Crippen MR) is 44.4 cm³/mol. The first kappa shape index (κ1) is 7.18. The Labute approximate surface area is 70.1 Å². The number of rotatable bonds is 0. The maximum atomic E-state index is 9.16. The molecular formula is C9H9NO2. The van der Waals surface area contributed by atoms with Crippen LogP contribution in [0.2, 0.25) is 0 Å². The summed E-state index contributed by atoms with van der Waals surface area (Å²) in [6.07, 6.45) is 1.54. The fourth-order valence-electron chi connectivity index (χ4n) is 1.27. The number of hydroxylamine groups is 2. The predicted octanol–water partition coefficient (Wildman–Crippen LogP) is 1.75. The van der Waals surface area contributed by atoms with E-state index < -0.39 is 0 Å². The molecule has 3 heteroatoms. The maximum absolute atomic E-state index is 9.16. The number of aliphatic hydroxyl groups excluding tert-OH is 1. The molecular weight excluding hydrogens is 154 g/mol. The van der Waals surface area contributed by atoms with Crippen LogP contribution in [-0.2, 0) is 6.54 Å². The second kappa shape index (κ2) is 2.53. The smallest absolute Gasteiger partial charge is 0.211 e. The van der Waals surface area contributed by atoms with E-state index in [1.54, 1.807) is 6.08 Å². The van der Waals surface area contributed by atoms with Gasteiger partial charge in [-0.15, -0.1) is 0 Å². The maximum Gasteiger partial charge on any atom is 0.211 e. The fraction of sp³-hybridized carbons (Fsp3) is 0.111. The molecule has 0 saturated heterocycles. The summed E-state index contributed by atoms with van der Waals surface area (Å²) in [5.41, 5.74) is 1.97. The van der Waals surface area contributed by atoms with Crippen molar-refractivity contribution in [2.75, 3.05) is 0 Å². The average Bonchev–Trinajstić information content (AvgIpc) is 2.07. The van der Waals surface area contributed by atoms with Crippen molar-refractivity contribution >= 4 is 6.08 Å². The highest BCUT2D eigenvalue weighted by Gasteiger charge is 2.13. The van der Waals surface area contributed by atoms with Crippen molar-refractivity contribution in [3.8, 4) is 0 Å². The van der Waals surface area contributed by atoms with Gasteiger partial charge in [0.15, 0.2) is 0 Å². The lowest BCUT2D eigenvalue weighted by molar-refractivity contribution is -0.100. The topological polar surface area (TPSA) is 43.7 Å². The largest absolute Gasteiger partial charge is 0.493 e. The Bertz CT molecular complexity index is 333. The Morgan fingerprint density at radius 1 is 1.25 bits per heavy atom. The van der Waals surface area contributed by atoms with Gasteiger partial charge < -0.3 is 5.11 Å². The molecule has 2 N–H and O–H groups in total. The summed E-state index contributed by atoms with van der Waals surface area (Å²) in [4.78, 5) is 0. The fourth-order valence-corrected chi connectivity index (χ4v) is 1.27. The van der Waals surface area contributed by atoms with Gasteiger partial charge in [0.05, 0.1) is 6.54 Å². The lowest BCUT2D eigenvalue weighted by Gasteiger charge is -2.21. The van der Waals surface area contributed by atoms with Crippen LogP contribution in [0.5, 0.6) is 0 Å². The molecule has 62 valence electrons. The van der Waals surface area contributed by atoms with Crippen LogP contribution in [0.25, 0.3) is 6.08 Å². The number of hydrogen-bond acceptors (Lipinski definition) is 3. The van der Waals surface area contributed by atoms with E-state index in [0.717, 1.165) is 16.2 Å². The third-order valence-corrected chi connectivity index (χ3v) is 1.92. The van der Waals surface area contributed by atoms with Crippen LogP contribution in [0.4, 0.5) is 0 Å². The highest BCUT2D eigenvalue weighted by Crippen LogP contribution is 2.20. The van der Waals surface area contributed by atoms with Crippen LogP contribution in [0, 0.1) is 0 Å². The summed E-state index contributed by atoms with van der Waals surface area (Å²) in [7, 11) is 0. The summed E-state index contributed by atoms with van der Waals surface area (Å²) in [5.74, 6) is -0.103. The first-order valence-corrected chi connectivity index (χ1v) is 3.72. The molecule has 0 saturated carbocycles. The van der Waals surface area contributed by atoms with Gasteiger partial charge >= 0.3 is 0 Å². The molecule has 12 heavy (non-hydrogen) atoms. The molecule has 0 radical (unpaired) electrons. The minimum Gasteiger partial charge on any atom is -0.493 e. The Kier molecular flexibility index (Phi) is 1.52. The zero-order valence-electron chi connectivity index (χ0n) is 6.44. The molecule has 1 aromatic carbocycles. The van der Waals surface area contributed by atoms with Crippen LogP contribution >= 0.6 is 0 Å². The van der Waals surface area contributed by atoms with E-state index in [9.17, 15) is 0 Å². The molecule has 0 bridgehead atoms. The van der Waals surface area contributed by atoms with Gasteiger partial charge in [-0.1, -0.05) is 24.3 Å². The van der Waals surface area contributed by atoms with Crippen molar-refractivity contribution in [3.05, 3.63) is 41.3 Å². The second-order valence-corrected chi connectivity index (χ2v) is 2.76. The zero-order valence-corrected chi connectivity index (χ0v) is 6.44. The van der Waals surface area contributed by atoms with Gasteiger partial charge in [-0.05, 0) is 11.1 Å². The summed E-state index contributed by atoms with van der Waals surface area (Å²) in [6, 6.07) is 7.62. The molecule has 1 heterocycles. The lowest BCUT2D eigenvalue weighted by Crippen LogP contribution is -2.21. The minimum absolute atomic E-state index is 0.103. The third kappa shape index (κ3) is 1.04. The van der Waals surface area contributed by atoms with Crippen molar-refractivity contribution in [2.24, 2.45) is 0 Å². The Balaban J connectivity index is 2.49. The van der Waals surface area contributed by atoms with Crippen LogP contribution in [-0.4, -0.2) is 15.4 Å². The summed E-state index contributed by atoms with van der Waals surface area (Å²) < 4.78 is 0. The van der Waals surface area contributed by atoms with E-state index in [0.29, 0.717) is 6.54 Å². The Morgan fingerprint density at radius 2 is 2.00 bits per heavy atom. The van der Waals surface area contributed by atoms with Gasteiger partial charge in [0, 0.05) is 6.08 Å². The molecule has 3 nitrogen and oxygen atoms in total. The number of aliphatic hydroxyl groups is 1. The Hall–Kier alpha value is -1.48. The first-order chi connectivity index (χ1) is 5.77. The number of fused-ring (bicyclic) bond motifs is 1. The van der Waals surface area contributed by atoms with Gasteiger partial charge in [-0.2, -0.15) is 0 Å². The van der Waals surface area contributed by atoms with E-state index in [-0.39, 0.29) is 5.88 Å². The molecule has 0 fully saturated rings. The van der Waals surface area contributed by atoms with Gasteiger partial charge in [-0.25, -0.2) is 5.06 Å². The van der Waals surface area contributed by atoms with Crippen LogP contribution in [0.15, 0.2) is 30.1 Å². The molecule has 1 aromatic rings. The van der Waals surface area contributed by atoms with E-state index in [2.05, 4.69) is 0 Å². The second-order valence-electron chi connectivity index (χ2n) is 2.76. The van der Waals surface area contributed by atoms with Crippen LogP contribution in [0.3, 0.4) is 0 Å². The molecule has 0 amide bonds. The van der Waals surface area contributed by atoms with E-state index in [4.69, 9.17) is 10.3 Å². The minimum atomic E-state index is -0.103. The molecule has 0 aromatic heterocycles. The van der Waals surface area contributed by atoms with Crippen molar-refractivity contribution in [2.45, 2.75) is 6.54 Å². The number of hydrogen-bond donors (Lipinski definition) is 2. The molecule has 1 aliphatic rings. The molecule has 2 rings (SSSR count).